The minimum absolute atomic E-state index is 0.0308. The fraction of sp³-hybridized carbons (Fsp3) is 0.452. The van der Waals surface area contributed by atoms with Gasteiger partial charge < -0.3 is 34.9 Å². The molecular formula is C42H50N4O7. The highest BCUT2D eigenvalue weighted by Crippen LogP contribution is 2.39. The minimum Gasteiger partial charge on any atom is -0.506 e. The maximum absolute atomic E-state index is 14.0. The molecule has 4 aromatic rings. The summed E-state index contributed by atoms with van der Waals surface area (Å²) < 4.78 is 12.2. The third kappa shape index (κ3) is 8.27. The second kappa shape index (κ2) is 16.5. The van der Waals surface area contributed by atoms with Crippen molar-refractivity contribution in [3.63, 3.8) is 0 Å². The lowest BCUT2D eigenvalue weighted by atomic mass is 9.72. The number of aromatic amines is 1. The van der Waals surface area contributed by atoms with Crippen molar-refractivity contribution in [1.82, 2.24) is 20.1 Å². The maximum Gasteiger partial charge on any atom is 0.317 e. The van der Waals surface area contributed by atoms with E-state index >= 15 is 0 Å². The van der Waals surface area contributed by atoms with Gasteiger partial charge in [0.1, 0.15) is 17.6 Å². The molecule has 4 aliphatic rings. The van der Waals surface area contributed by atoms with Crippen LogP contribution in [0.4, 0.5) is 0 Å². The Morgan fingerprint density at radius 1 is 0.906 bits per heavy atom. The lowest BCUT2D eigenvalue weighted by Gasteiger charge is -2.46. The lowest BCUT2D eigenvalue weighted by Crippen LogP contribution is -2.55. The second-order valence-corrected chi connectivity index (χ2v) is 14.8. The van der Waals surface area contributed by atoms with Crippen molar-refractivity contribution in [2.24, 2.45) is 5.92 Å². The van der Waals surface area contributed by atoms with Gasteiger partial charge in [-0.3, -0.25) is 19.3 Å². The number of benzene rings is 3. The average Bonchev–Trinajstić information content (AvgIpc) is 3.20. The van der Waals surface area contributed by atoms with Crippen LogP contribution in [0, 0.1) is 5.92 Å². The van der Waals surface area contributed by atoms with E-state index in [0.29, 0.717) is 72.8 Å². The number of likely N-dealkylation sites (tertiary alicyclic amines) is 1. The number of carbonyl (C=O) groups excluding carboxylic acids is 2. The molecule has 4 saturated heterocycles. The number of aliphatic hydroxyl groups is 1. The first-order valence-electron chi connectivity index (χ1n) is 19.1. The molecule has 1 aromatic heterocycles. The predicted octanol–water partition coefficient (Wildman–Crippen LogP) is 4.92. The molecule has 4 N–H and O–H groups in total. The predicted molar refractivity (Wildman–Crippen MR) is 202 cm³/mol. The summed E-state index contributed by atoms with van der Waals surface area (Å²) in [6, 6.07) is 23.4. The number of amides is 1. The van der Waals surface area contributed by atoms with Crippen LogP contribution in [0.5, 0.6) is 11.5 Å². The Morgan fingerprint density at radius 2 is 1.66 bits per heavy atom. The smallest absolute Gasteiger partial charge is 0.317 e. The third-order valence-electron chi connectivity index (χ3n) is 11.4. The molecule has 2 bridgehead atoms. The van der Waals surface area contributed by atoms with E-state index in [1.807, 2.05) is 59.5 Å². The zero-order valence-electron chi connectivity index (χ0n) is 30.2. The van der Waals surface area contributed by atoms with Gasteiger partial charge in [-0.2, -0.15) is 0 Å². The Bertz CT molecular complexity index is 1920. The zero-order chi connectivity index (χ0) is 36.8. The number of nitrogens with zero attached hydrogens (tertiary/aromatic N) is 2. The lowest BCUT2D eigenvalue weighted by molar-refractivity contribution is -0.167. The van der Waals surface area contributed by atoms with Crippen molar-refractivity contribution in [2.45, 2.75) is 62.6 Å². The quantitative estimate of drug-likeness (QED) is 0.105. The van der Waals surface area contributed by atoms with Crippen molar-refractivity contribution < 1.29 is 29.3 Å². The number of phenols is 1. The molecule has 1 amide bonds. The molecular weight excluding hydrogens is 672 g/mol. The Balaban J connectivity index is 0.833. The summed E-state index contributed by atoms with van der Waals surface area (Å²) in [4.78, 5) is 46.0. The number of unbranched alkanes of at least 4 members (excludes halogenated alkanes) is 2. The van der Waals surface area contributed by atoms with Gasteiger partial charge in [-0.05, 0) is 118 Å². The van der Waals surface area contributed by atoms with E-state index in [0.717, 1.165) is 63.8 Å². The Kier molecular flexibility index (Phi) is 11.4. The molecule has 11 heteroatoms. The van der Waals surface area contributed by atoms with E-state index < -0.39 is 11.5 Å². The molecule has 53 heavy (non-hydrogen) atoms. The molecule has 2 atom stereocenters. The molecule has 8 rings (SSSR count). The molecule has 5 heterocycles. The van der Waals surface area contributed by atoms with Crippen molar-refractivity contribution >= 4 is 22.8 Å². The zero-order valence-corrected chi connectivity index (χ0v) is 30.2. The van der Waals surface area contributed by atoms with Gasteiger partial charge in [-0.25, -0.2) is 0 Å². The SMILES string of the molecule is O=C(c1ccc(OCCCCCNCC(O)c2ccc(O)c3[nH]c(=O)ccc23)cc1)N1CCC(C(=O)OC2CN3CCC2CC3)(c2ccccc2)CC1. The van der Waals surface area contributed by atoms with Gasteiger partial charge in [0.2, 0.25) is 5.56 Å². The number of aromatic nitrogens is 1. The van der Waals surface area contributed by atoms with E-state index in [-0.39, 0.29) is 29.3 Å². The van der Waals surface area contributed by atoms with Gasteiger partial charge in [-0.1, -0.05) is 36.4 Å². The van der Waals surface area contributed by atoms with Crippen LogP contribution in [0.2, 0.25) is 0 Å². The summed E-state index contributed by atoms with van der Waals surface area (Å²) in [7, 11) is 0. The van der Waals surface area contributed by atoms with Crippen LogP contribution >= 0.6 is 0 Å². The summed E-state index contributed by atoms with van der Waals surface area (Å²) in [6.07, 6.45) is 5.09. The maximum atomic E-state index is 14.0. The molecule has 3 aromatic carbocycles. The fourth-order valence-electron chi connectivity index (χ4n) is 8.25. The van der Waals surface area contributed by atoms with Gasteiger partial charge in [0.05, 0.1) is 23.6 Å². The summed E-state index contributed by atoms with van der Waals surface area (Å²) >= 11 is 0. The van der Waals surface area contributed by atoms with Gasteiger partial charge in [-0.15, -0.1) is 0 Å². The van der Waals surface area contributed by atoms with Gasteiger partial charge in [0.15, 0.2) is 0 Å². The number of hydrogen-bond acceptors (Lipinski definition) is 9. The van der Waals surface area contributed by atoms with E-state index in [4.69, 9.17) is 9.47 Å². The first kappa shape index (κ1) is 36.6. The third-order valence-corrected chi connectivity index (χ3v) is 11.4. The molecule has 0 aliphatic carbocycles. The number of fused-ring (bicyclic) bond motifs is 4. The molecule has 4 aliphatic heterocycles. The second-order valence-electron chi connectivity index (χ2n) is 14.8. The van der Waals surface area contributed by atoms with Crippen LogP contribution in [-0.4, -0.2) is 95.4 Å². The van der Waals surface area contributed by atoms with Gasteiger partial charge in [0.25, 0.3) is 5.91 Å². The number of esters is 1. The normalized spacial score (nSPS) is 21.3. The van der Waals surface area contributed by atoms with E-state index in [2.05, 4.69) is 15.2 Å². The number of hydrogen-bond donors (Lipinski definition) is 4. The Labute approximate surface area is 309 Å². The molecule has 0 radical (unpaired) electrons. The Morgan fingerprint density at radius 3 is 2.38 bits per heavy atom. The number of aliphatic hydroxyl groups excluding tert-OH is 1. The summed E-state index contributed by atoms with van der Waals surface area (Å²) in [6.45, 7) is 5.59. The first-order chi connectivity index (χ1) is 25.8. The summed E-state index contributed by atoms with van der Waals surface area (Å²) in [5, 5.41) is 24.7. The first-order valence-corrected chi connectivity index (χ1v) is 19.1. The molecule has 0 saturated carbocycles. The number of carbonyl (C=O) groups is 2. The number of piperidine rings is 4. The topological polar surface area (TPSA) is 144 Å². The van der Waals surface area contributed by atoms with Crippen LogP contribution in [0.3, 0.4) is 0 Å². The summed E-state index contributed by atoms with van der Waals surface area (Å²) in [5.41, 5.74) is 1.46. The highest BCUT2D eigenvalue weighted by atomic mass is 16.5. The molecule has 2 unspecified atom stereocenters. The molecule has 4 fully saturated rings. The van der Waals surface area contributed by atoms with Gasteiger partial charge in [0, 0.05) is 43.2 Å². The number of H-pyrrole nitrogens is 1. The standard InChI is InChI=1S/C42H50N4O7/c47-35-15-13-33(34-14-16-38(49)44-39(34)35)36(48)27-43-21-5-2-6-26-52-32-11-9-30(10-12-32)40(50)46-24-19-42(20-25-46,31-7-3-1-4-8-31)41(51)53-37-28-45-22-17-29(37)18-23-45/h1,3-4,7-16,29,36-37,43,47-48H,2,5-6,17-28H2,(H,44,49). The summed E-state index contributed by atoms with van der Waals surface area (Å²) in [5.74, 6) is 0.927. The van der Waals surface area contributed by atoms with Crippen LogP contribution < -0.4 is 15.6 Å². The number of rotatable bonds is 14. The van der Waals surface area contributed by atoms with Crippen LogP contribution in [0.1, 0.15) is 72.5 Å². The average molecular weight is 723 g/mol. The van der Waals surface area contributed by atoms with Crippen LogP contribution in [0.25, 0.3) is 10.9 Å². The highest BCUT2D eigenvalue weighted by Gasteiger charge is 2.47. The van der Waals surface area contributed by atoms with E-state index in [1.165, 1.54) is 12.1 Å². The number of aromatic hydroxyl groups is 1. The van der Waals surface area contributed by atoms with Gasteiger partial charge >= 0.3 is 5.97 Å². The van der Waals surface area contributed by atoms with Crippen molar-refractivity contribution in [3.05, 3.63) is 106 Å². The highest BCUT2D eigenvalue weighted by molar-refractivity contribution is 5.95. The number of ether oxygens (including phenoxy) is 2. The van der Waals surface area contributed by atoms with Crippen molar-refractivity contribution in [3.8, 4) is 11.5 Å². The van der Waals surface area contributed by atoms with Crippen LogP contribution in [-0.2, 0) is 14.9 Å². The molecule has 11 nitrogen and oxygen atoms in total. The monoisotopic (exact) mass is 722 g/mol. The number of nitrogens with one attached hydrogen (secondary N) is 2. The van der Waals surface area contributed by atoms with E-state index in [9.17, 15) is 24.6 Å². The van der Waals surface area contributed by atoms with Crippen molar-refractivity contribution in [2.75, 3.05) is 52.4 Å². The Hall–Kier alpha value is -4.71. The van der Waals surface area contributed by atoms with Crippen molar-refractivity contribution in [1.29, 1.82) is 0 Å². The minimum atomic E-state index is -0.789. The fourth-order valence-corrected chi connectivity index (χ4v) is 8.25. The molecule has 280 valence electrons. The molecule has 0 spiro atoms. The van der Waals surface area contributed by atoms with E-state index in [1.54, 1.807) is 12.1 Å². The number of phenolic OH excluding ortho intramolecular Hbond substituents is 1. The largest absolute Gasteiger partial charge is 0.506 e. The number of pyridine rings is 1. The van der Waals surface area contributed by atoms with Crippen LogP contribution in [0.15, 0.2) is 83.7 Å².